The van der Waals surface area contributed by atoms with Gasteiger partial charge in [0.05, 0.1) is 12.0 Å². The SMILES string of the molecule is COc1cccc(C(=O)NNC(=NS(=O)(=O)c2ccc(C)cc2)c2ccccc2)c1. The van der Waals surface area contributed by atoms with E-state index < -0.39 is 15.9 Å². The van der Waals surface area contributed by atoms with E-state index in [1.54, 1.807) is 66.7 Å². The third kappa shape index (κ3) is 5.24. The van der Waals surface area contributed by atoms with Crippen LogP contribution in [-0.4, -0.2) is 27.3 Å². The number of amidine groups is 1. The summed E-state index contributed by atoms with van der Waals surface area (Å²) in [6, 6.07) is 21.6. The minimum atomic E-state index is -3.99. The van der Waals surface area contributed by atoms with Gasteiger partial charge in [-0.2, -0.15) is 8.42 Å². The van der Waals surface area contributed by atoms with E-state index in [0.29, 0.717) is 16.9 Å². The molecular formula is C22H21N3O4S. The van der Waals surface area contributed by atoms with Crippen molar-refractivity contribution in [1.29, 1.82) is 0 Å². The topological polar surface area (TPSA) is 96.9 Å². The first-order chi connectivity index (χ1) is 14.4. The van der Waals surface area contributed by atoms with Crippen LogP contribution < -0.4 is 15.6 Å². The molecule has 0 unspecified atom stereocenters. The smallest absolute Gasteiger partial charge is 0.284 e. The van der Waals surface area contributed by atoms with Crippen molar-refractivity contribution in [3.63, 3.8) is 0 Å². The van der Waals surface area contributed by atoms with E-state index in [0.717, 1.165) is 5.56 Å². The summed E-state index contributed by atoms with van der Waals surface area (Å²) >= 11 is 0. The zero-order valence-corrected chi connectivity index (χ0v) is 17.3. The number of aryl methyl sites for hydroxylation is 1. The number of carbonyl (C=O) groups is 1. The van der Waals surface area contributed by atoms with Crippen LogP contribution >= 0.6 is 0 Å². The lowest BCUT2D eigenvalue weighted by Crippen LogP contribution is -2.42. The van der Waals surface area contributed by atoms with Gasteiger partial charge in [-0.15, -0.1) is 4.40 Å². The molecule has 0 saturated heterocycles. The average Bonchev–Trinajstić information content (AvgIpc) is 2.77. The molecule has 0 aliphatic rings. The van der Waals surface area contributed by atoms with E-state index in [1.165, 1.54) is 19.2 Å². The quantitative estimate of drug-likeness (QED) is 0.373. The normalized spacial score (nSPS) is 11.6. The Morgan fingerprint density at radius 2 is 1.53 bits per heavy atom. The van der Waals surface area contributed by atoms with Crippen molar-refractivity contribution in [3.05, 3.63) is 95.6 Å². The maximum Gasteiger partial charge on any atom is 0.284 e. The molecule has 0 aromatic heterocycles. The van der Waals surface area contributed by atoms with Crippen molar-refractivity contribution >= 4 is 21.8 Å². The van der Waals surface area contributed by atoms with E-state index in [9.17, 15) is 13.2 Å². The number of ether oxygens (including phenoxy) is 1. The molecule has 3 rings (SSSR count). The fourth-order valence-electron chi connectivity index (χ4n) is 2.58. The van der Waals surface area contributed by atoms with E-state index in [4.69, 9.17) is 4.74 Å². The van der Waals surface area contributed by atoms with Crippen molar-refractivity contribution in [2.45, 2.75) is 11.8 Å². The third-order valence-electron chi connectivity index (χ3n) is 4.20. The Balaban J connectivity index is 1.89. The maximum absolute atomic E-state index is 12.8. The fraction of sp³-hybridized carbons (Fsp3) is 0.0909. The summed E-state index contributed by atoms with van der Waals surface area (Å²) in [6.07, 6.45) is 0. The highest BCUT2D eigenvalue weighted by Gasteiger charge is 2.16. The molecule has 3 aromatic carbocycles. The molecule has 0 saturated carbocycles. The van der Waals surface area contributed by atoms with E-state index >= 15 is 0 Å². The van der Waals surface area contributed by atoms with Crippen molar-refractivity contribution in [3.8, 4) is 5.75 Å². The van der Waals surface area contributed by atoms with Crippen LogP contribution in [0.4, 0.5) is 0 Å². The highest BCUT2D eigenvalue weighted by Crippen LogP contribution is 2.15. The van der Waals surface area contributed by atoms with Crippen molar-refractivity contribution in [1.82, 2.24) is 10.9 Å². The van der Waals surface area contributed by atoms with Gasteiger partial charge in [0.1, 0.15) is 5.75 Å². The Kier molecular flexibility index (Phi) is 6.48. The molecular weight excluding hydrogens is 402 g/mol. The molecule has 0 spiro atoms. The van der Waals surface area contributed by atoms with Crippen molar-refractivity contribution in [2.75, 3.05) is 7.11 Å². The number of hydrogen-bond acceptors (Lipinski definition) is 4. The standard InChI is InChI=1S/C22H21N3O4S/c1-16-11-13-20(14-12-16)30(27,28)25-21(17-7-4-3-5-8-17)23-24-22(26)18-9-6-10-19(15-18)29-2/h3-15H,1-2H3,(H,23,25)(H,24,26). The summed E-state index contributed by atoms with van der Waals surface area (Å²) in [4.78, 5) is 12.5. The van der Waals surface area contributed by atoms with E-state index in [-0.39, 0.29) is 10.7 Å². The van der Waals surface area contributed by atoms with Gasteiger partial charge >= 0.3 is 0 Å². The zero-order valence-electron chi connectivity index (χ0n) is 16.5. The maximum atomic E-state index is 12.8. The molecule has 2 N–H and O–H groups in total. The molecule has 1 amide bonds. The van der Waals surface area contributed by atoms with Crippen LogP contribution in [0.5, 0.6) is 5.75 Å². The molecule has 30 heavy (non-hydrogen) atoms. The number of sulfonamides is 1. The monoisotopic (exact) mass is 423 g/mol. The number of amides is 1. The predicted octanol–water partition coefficient (Wildman–Crippen LogP) is 3.07. The van der Waals surface area contributed by atoms with Gasteiger partial charge in [-0.3, -0.25) is 15.6 Å². The van der Waals surface area contributed by atoms with Crippen LogP contribution in [0, 0.1) is 6.92 Å². The molecule has 0 bridgehead atoms. The molecule has 0 fully saturated rings. The number of rotatable bonds is 5. The summed E-state index contributed by atoms with van der Waals surface area (Å²) in [5, 5.41) is 0. The van der Waals surface area contributed by atoms with Crippen LogP contribution in [0.15, 0.2) is 88.2 Å². The van der Waals surface area contributed by atoms with Gasteiger partial charge < -0.3 is 4.74 Å². The number of hydrazine groups is 1. The lowest BCUT2D eigenvalue weighted by Gasteiger charge is -2.12. The minimum Gasteiger partial charge on any atom is -0.497 e. The number of benzene rings is 3. The van der Waals surface area contributed by atoms with Gasteiger partial charge in [0, 0.05) is 11.1 Å². The van der Waals surface area contributed by atoms with Gasteiger partial charge in [0.25, 0.3) is 15.9 Å². The Hall–Kier alpha value is -3.65. The minimum absolute atomic E-state index is 0.00702. The molecule has 0 atom stereocenters. The van der Waals surface area contributed by atoms with E-state index in [1.807, 2.05) is 6.92 Å². The fourth-order valence-corrected chi connectivity index (χ4v) is 3.56. The second-order valence-electron chi connectivity index (χ2n) is 6.41. The van der Waals surface area contributed by atoms with Crippen LogP contribution in [0.25, 0.3) is 0 Å². The lowest BCUT2D eigenvalue weighted by molar-refractivity contribution is 0.0943. The third-order valence-corrected chi connectivity index (χ3v) is 5.49. The number of methoxy groups -OCH3 is 1. The van der Waals surface area contributed by atoms with Crippen LogP contribution in [0.1, 0.15) is 21.5 Å². The molecule has 3 aromatic rings. The van der Waals surface area contributed by atoms with Crippen molar-refractivity contribution in [2.24, 2.45) is 4.40 Å². The molecule has 7 nitrogen and oxygen atoms in total. The summed E-state index contributed by atoms with van der Waals surface area (Å²) in [5.41, 5.74) is 6.91. The Bertz CT molecular complexity index is 1160. The first-order valence-corrected chi connectivity index (χ1v) is 10.5. The van der Waals surface area contributed by atoms with Gasteiger partial charge in [-0.05, 0) is 37.3 Å². The lowest BCUT2D eigenvalue weighted by atomic mass is 10.2. The average molecular weight is 423 g/mol. The van der Waals surface area contributed by atoms with Gasteiger partial charge in [-0.1, -0.05) is 54.1 Å². The highest BCUT2D eigenvalue weighted by molar-refractivity contribution is 7.90. The van der Waals surface area contributed by atoms with E-state index in [2.05, 4.69) is 15.2 Å². The first kappa shape index (κ1) is 21.1. The Morgan fingerprint density at radius 3 is 2.20 bits per heavy atom. The number of carbonyl (C=O) groups excluding carboxylic acids is 1. The number of nitrogens with one attached hydrogen (secondary N) is 2. The zero-order chi connectivity index (χ0) is 21.6. The number of nitrogens with zero attached hydrogens (tertiary/aromatic N) is 1. The highest BCUT2D eigenvalue weighted by atomic mass is 32.2. The van der Waals surface area contributed by atoms with Crippen molar-refractivity contribution < 1.29 is 17.9 Å². The molecule has 8 heteroatoms. The van der Waals surface area contributed by atoms with Crippen LogP contribution in [0.3, 0.4) is 0 Å². The summed E-state index contributed by atoms with van der Waals surface area (Å²) in [5.74, 6) is 0.0548. The molecule has 0 aliphatic carbocycles. The molecule has 154 valence electrons. The second kappa shape index (κ2) is 9.23. The summed E-state index contributed by atoms with van der Waals surface area (Å²) in [7, 11) is -2.49. The summed E-state index contributed by atoms with van der Waals surface area (Å²) < 4.78 is 34.6. The predicted molar refractivity (Wildman–Crippen MR) is 115 cm³/mol. The second-order valence-corrected chi connectivity index (χ2v) is 8.01. The molecule has 0 radical (unpaired) electrons. The molecule has 0 heterocycles. The Labute approximate surface area is 175 Å². The van der Waals surface area contributed by atoms with Gasteiger partial charge in [0.2, 0.25) is 0 Å². The first-order valence-electron chi connectivity index (χ1n) is 9.06. The van der Waals surface area contributed by atoms with Gasteiger partial charge in [-0.25, -0.2) is 0 Å². The Morgan fingerprint density at radius 1 is 0.867 bits per heavy atom. The van der Waals surface area contributed by atoms with Crippen LogP contribution in [0.2, 0.25) is 0 Å². The van der Waals surface area contributed by atoms with Crippen LogP contribution in [-0.2, 0) is 10.0 Å². The largest absolute Gasteiger partial charge is 0.497 e. The van der Waals surface area contributed by atoms with Gasteiger partial charge in [0.15, 0.2) is 5.84 Å². The summed E-state index contributed by atoms with van der Waals surface area (Å²) in [6.45, 7) is 1.87. The number of hydrogen-bond donors (Lipinski definition) is 2. The molecule has 0 aliphatic heterocycles.